The van der Waals surface area contributed by atoms with Gasteiger partial charge in [0.1, 0.15) is 40.9 Å². The van der Waals surface area contributed by atoms with E-state index in [4.69, 9.17) is 4.74 Å². The van der Waals surface area contributed by atoms with Gasteiger partial charge in [-0.3, -0.25) is 24.6 Å². The van der Waals surface area contributed by atoms with Crippen LogP contribution in [0, 0.1) is 5.82 Å². The molecule has 3 unspecified atom stereocenters. The number of imide groups is 1. The molecule has 3 heterocycles. The maximum atomic E-state index is 15.3. The number of anilines is 1. The minimum absolute atomic E-state index is 0.0314. The average molecular weight is 610 g/mol. The highest BCUT2D eigenvalue weighted by atomic mass is 19.1. The number of rotatable bonds is 6. The molecule has 0 saturated carbocycles. The van der Waals surface area contributed by atoms with Gasteiger partial charge in [-0.05, 0) is 35.9 Å². The van der Waals surface area contributed by atoms with Gasteiger partial charge in [-0.15, -0.1) is 0 Å². The van der Waals surface area contributed by atoms with Crippen molar-refractivity contribution >= 4 is 54.8 Å². The number of piperidine rings is 1. The van der Waals surface area contributed by atoms with Crippen molar-refractivity contribution in [2.75, 3.05) is 31.6 Å². The Labute approximate surface area is 254 Å². The van der Waals surface area contributed by atoms with Gasteiger partial charge < -0.3 is 40.7 Å². The number of hydrogen-bond donors (Lipinski definition) is 8. The third kappa shape index (κ3) is 4.75. The summed E-state index contributed by atoms with van der Waals surface area (Å²) in [5, 5.41) is 70.1. The summed E-state index contributed by atoms with van der Waals surface area (Å²) in [6.45, 7) is 0.975. The van der Waals surface area contributed by atoms with E-state index in [0.717, 1.165) is 21.8 Å². The molecular formula is C25H31B4FN4O10. The molecule has 8 N–H and O–H groups in total. The van der Waals surface area contributed by atoms with Crippen LogP contribution in [0.4, 0.5) is 10.1 Å². The summed E-state index contributed by atoms with van der Waals surface area (Å²) in [7, 11) is 4.90. The van der Waals surface area contributed by atoms with Crippen LogP contribution < -0.4 is 10.6 Å². The molecule has 3 amide bonds. The number of aliphatic hydroxyl groups is 6. The Morgan fingerprint density at radius 2 is 1.66 bits per heavy atom. The lowest BCUT2D eigenvalue weighted by Crippen LogP contribution is -2.81. The van der Waals surface area contributed by atoms with E-state index in [9.17, 15) is 45.0 Å². The van der Waals surface area contributed by atoms with Crippen LogP contribution in [-0.2, 0) is 31.5 Å². The number of morpholine rings is 1. The molecule has 0 spiro atoms. The Balaban J connectivity index is 1.53. The molecule has 2 fully saturated rings. The lowest BCUT2D eigenvalue weighted by molar-refractivity contribution is -0.286. The van der Waals surface area contributed by atoms with Crippen molar-refractivity contribution in [2.24, 2.45) is 0 Å². The van der Waals surface area contributed by atoms with Crippen LogP contribution in [-0.4, -0.2) is 133 Å². The molecule has 3 aliphatic heterocycles. The molecule has 2 saturated heterocycles. The zero-order chi connectivity index (χ0) is 32.6. The molecule has 3 atom stereocenters. The number of fused-ring (bicyclic) bond motifs is 1. The maximum Gasteiger partial charge on any atom is 0.281 e. The van der Waals surface area contributed by atoms with E-state index < -0.39 is 63.3 Å². The average Bonchev–Trinajstić information content (AvgIpc) is 3.14. The summed E-state index contributed by atoms with van der Waals surface area (Å²) >= 11 is 0. The molecule has 2 aromatic rings. The first-order chi connectivity index (χ1) is 20.3. The number of ether oxygens (including phenoxy) is 1. The van der Waals surface area contributed by atoms with E-state index in [1.54, 1.807) is 0 Å². The number of halogens is 1. The first-order valence-corrected chi connectivity index (χ1v) is 13.8. The monoisotopic (exact) mass is 610 g/mol. The summed E-state index contributed by atoms with van der Waals surface area (Å²) in [6.07, 6.45) is 0. The Kier molecular flexibility index (Phi) is 7.58. The van der Waals surface area contributed by atoms with E-state index in [1.165, 1.54) is 50.9 Å². The SMILES string of the molecule is BC(B)(Nc1cccc2c1C(O)(O)N(C1C(=O)NC(=O)C(B)(O)C1(B)O)C2=O)c1cc(C(O)(O)N2CCOCC2)ccc1F. The number of carbonyl (C=O) groups is 3. The van der Waals surface area contributed by atoms with Crippen LogP contribution in [0.25, 0.3) is 0 Å². The van der Waals surface area contributed by atoms with Gasteiger partial charge in [0.25, 0.3) is 29.5 Å². The fraction of sp³-hybridized carbons (Fsp3) is 0.400. The second-order valence-electron chi connectivity index (χ2n) is 12.2. The van der Waals surface area contributed by atoms with Gasteiger partial charge in [-0.2, -0.15) is 0 Å². The second kappa shape index (κ2) is 10.4. The Bertz CT molecular complexity index is 1550. The van der Waals surface area contributed by atoms with Crippen LogP contribution in [0.2, 0.25) is 0 Å². The van der Waals surface area contributed by atoms with Gasteiger partial charge >= 0.3 is 0 Å². The van der Waals surface area contributed by atoms with E-state index >= 15 is 4.39 Å². The van der Waals surface area contributed by atoms with Crippen LogP contribution in [0.15, 0.2) is 36.4 Å². The van der Waals surface area contributed by atoms with Gasteiger partial charge in [-0.1, -0.05) is 6.07 Å². The predicted molar refractivity (Wildman–Crippen MR) is 160 cm³/mol. The molecule has 0 aromatic heterocycles. The summed E-state index contributed by atoms with van der Waals surface area (Å²) < 4.78 is 20.6. The molecular weight excluding hydrogens is 579 g/mol. The van der Waals surface area contributed by atoms with Crippen LogP contribution >= 0.6 is 0 Å². The second-order valence-corrected chi connectivity index (χ2v) is 12.2. The van der Waals surface area contributed by atoms with Gasteiger partial charge in [0, 0.05) is 29.7 Å². The molecule has 14 nitrogen and oxygen atoms in total. The molecule has 0 radical (unpaired) electrons. The summed E-state index contributed by atoms with van der Waals surface area (Å²) in [6, 6.07) is 5.42. The molecule has 0 bridgehead atoms. The molecule has 3 aliphatic rings. The zero-order valence-corrected chi connectivity index (χ0v) is 24.5. The van der Waals surface area contributed by atoms with Crippen molar-refractivity contribution in [1.82, 2.24) is 15.1 Å². The Morgan fingerprint density at radius 3 is 2.30 bits per heavy atom. The number of hydrogen-bond acceptors (Lipinski definition) is 12. The Morgan fingerprint density at radius 1 is 1.02 bits per heavy atom. The van der Waals surface area contributed by atoms with Crippen LogP contribution in [0.1, 0.15) is 27.0 Å². The molecule has 19 heteroatoms. The van der Waals surface area contributed by atoms with E-state index in [-0.39, 0.29) is 53.6 Å². The van der Waals surface area contributed by atoms with Crippen LogP contribution in [0.5, 0.6) is 0 Å². The van der Waals surface area contributed by atoms with Crippen LogP contribution in [0.3, 0.4) is 0 Å². The van der Waals surface area contributed by atoms with Gasteiger partial charge in [0.15, 0.2) is 7.85 Å². The maximum absolute atomic E-state index is 15.3. The van der Waals surface area contributed by atoms with E-state index in [2.05, 4.69) is 5.32 Å². The predicted octanol–water partition coefficient (Wildman–Crippen LogP) is -7.04. The normalized spacial score (nSPS) is 27.7. The van der Waals surface area contributed by atoms with Gasteiger partial charge in [0.05, 0.1) is 29.8 Å². The summed E-state index contributed by atoms with van der Waals surface area (Å²) in [4.78, 5) is 40.4. The third-order valence-corrected chi connectivity index (χ3v) is 8.81. The molecule has 44 heavy (non-hydrogen) atoms. The fourth-order valence-corrected chi connectivity index (χ4v) is 5.98. The fourth-order valence-electron chi connectivity index (χ4n) is 5.98. The van der Waals surface area contributed by atoms with Crippen molar-refractivity contribution in [3.8, 4) is 0 Å². The van der Waals surface area contributed by atoms with Gasteiger partial charge in [-0.25, -0.2) is 9.29 Å². The van der Waals surface area contributed by atoms with E-state index in [0.29, 0.717) is 0 Å². The lowest BCUT2D eigenvalue weighted by Gasteiger charge is -2.50. The first kappa shape index (κ1) is 32.1. The van der Waals surface area contributed by atoms with Crippen molar-refractivity contribution in [3.63, 3.8) is 0 Å². The summed E-state index contributed by atoms with van der Waals surface area (Å²) in [5.41, 5.74) is -6.17. The molecule has 2 aromatic carbocycles. The highest BCUT2D eigenvalue weighted by Crippen LogP contribution is 2.45. The topological polar surface area (TPSA) is 212 Å². The highest BCUT2D eigenvalue weighted by Gasteiger charge is 2.66. The largest absolute Gasteiger partial charge is 0.394 e. The van der Waals surface area contributed by atoms with Crippen molar-refractivity contribution < 1.29 is 54.2 Å². The number of nitrogens with one attached hydrogen (secondary N) is 2. The lowest BCUT2D eigenvalue weighted by atomic mass is 9.53. The van der Waals surface area contributed by atoms with E-state index in [1.807, 2.05) is 5.32 Å². The standard InChI is InChI=1S/C25H31B4FN4O10/c26-21(38)17(18(35)31-20(37)22(21,27)39)34-19(36)12-2-1-3-15(16(12)25(34,42)43)32-23(28,29)13-10-11(4-5-14(13)30)24(40,41)33-6-8-44-9-7-33/h1-5,10,17,32,38-43H,6-9,26-29H2,(H,31,35,37). The first-order valence-electron chi connectivity index (χ1n) is 13.8. The molecule has 230 valence electrons. The minimum atomic E-state index is -3.27. The van der Waals surface area contributed by atoms with Crippen molar-refractivity contribution in [3.05, 3.63) is 64.5 Å². The number of amides is 3. The van der Waals surface area contributed by atoms with Gasteiger partial charge in [0.2, 0.25) is 0 Å². The quantitative estimate of drug-likeness (QED) is 0.0872. The smallest absolute Gasteiger partial charge is 0.281 e. The van der Waals surface area contributed by atoms with Crippen molar-refractivity contribution in [2.45, 2.75) is 34.2 Å². The van der Waals surface area contributed by atoms with Crippen molar-refractivity contribution in [1.29, 1.82) is 0 Å². The third-order valence-electron chi connectivity index (χ3n) is 8.81. The number of carbonyl (C=O) groups excluding carboxylic acids is 3. The summed E-state index contributed by atoms with van der Waals surface area (Å²) in [5.74, 6) is -10.1. The number of benzene rings is 2. The highest BCUT2D eigenvalue weighted by molar-refractivity contribution is 6.41. The molecule has 5 rings (SSSR count). The zero-order valence-electron chi connectivity index (χ0n) is 24.5. The Hall–Kier alpha value is -3.28. The molecule has 0 aliphatic carbocycles. The minimum Gasteiger partial charge on any atom is -0.394 e. The number of nitrogens with zero attached hydrogens (tertiary/aromatic N) is 2.